The highest BCUT2D eigenvalue weighted by Crippen LogP contribution is 2.34. The molecule has 0 saturated carbocycles. The molecule has 1 heterocycles. The van der Waals surface area contributed by atoms with E-state index in [2.05, 4.69) is 4.90 Å². The van der Waals surface area contributed by atoms with Crippen LogP contribution in [0.2, 0.25) is 5.02 Å². The first-order chi connectivity index (χ1) is 16.3. The van der Waals surface area contributed by atoms with Crippen LogP contribution in [0, 0.1) is 0 Å². The van der Waals surface area contributed by atoms with Crippen LogP contribution in [0.4, 0.5) is 5.69 Å². The standard InChI is InChI=1S/C28H27ClN2O3/c1-18(32)31-17-23-14-21(8-6-20(23)7-9-22-15-24(29)10-12-27(22)31)25-11-5-19(16-30(2)3)13-26(25)28(33)34-4/h5-15H,16-17H2,1-4H3. The Morgan fingerprint density at radius 1 is 1.00 bits per heavy atom. The zero-order chi connectivity index (χ0) is 24.4. The largest absolute Gasteiger partial charge is 0.465 e. The molecular weight excluding hydrogens is 448 g/mol. The highest BCUT2D eigenvalue weighted by Gasteiger charge is 2.20. The predicted octanol–water partition coefficient (Wildman–Crippen LogP) is 5.89. The maximum Gasteiger partial charge on any atom is 0.338 e. The smallest absolute Gasteiger partial charge is 0.338 e. The van der Waals surface area contributed by atoms with Crippen LogP contribution in [-0.2, 0) is 22.6 Å². The second kappa shape index (κ2) is 9.84. The summed E-state index contributed by atoms with van der Waals surface area (Å²) >= 11 is 6.20. The van der Waals surface area contributed by atoms with E-state index in [4.69, 9.17) is 16.3 Å². The number of amides is 1. The van der Waals surface area contributed by atoms with E-state index in [0.717, 1.165) is 45.6 Å². The maximum absolute atomic E-state index is 12.6. The lowest BCUT2D eigenvalue weighted by molar-refractivity contribution is -0.116. The van der Waals surface area contributed by atoms with Crippen molar-refractivity contribution < 1.29 is 14.3 Å². The summed E-state index contributed by atoms with van der Waals surface area (Å²) in [5.41, 5.74) is 6.93. The number of benzene rings is 3. The number of esters is 1. The molecule has 0 aromatic heterocycles. The Hall–Kier alpha value is -3.41. The Kier molecular flexibility index (Phi) is 6.87. The van der Waals surface area contributed by atoms with E-state index in [9.17, 15) is 9.59 Å². The molecular formula is C28H27ClN2O3. The molecule has 1 aliphatic rings. The second-order valence-electron chi connectivity index (χ2n) is 8.66. The van der Waals surface area contributed by atoms with Gasteiger partial charge in [-0.2, -0.15) is 0 Å². The third kappa shape index (κ3) is 4.91. The van der Waals surface area contributed by atoms with E-state index in [-0.39, 0.29) is 11.9 Å². The molecule has 0 N–H and O–H groups in total. The number of ether oxygens (including phenoxy) is 1. The summed E-state index contributed by atoms with van der Waals surface area (Å²) in [6, 6.07) is 17.5. The average Bonchev–Trinajstić information content (AvgIpc) is 2.79. The molecule has 5 nitrogen and oxygen atoms in total. The molecule has 174 valence electrons. The monoisotopic (exact) mass is 474 g/mol. The molecule has 0 bridgehead atoms. The van der Waals surface area contributed by atoms with Crippen LogP contribution in [0.25, 0.3) is 23.3 Å². The number of carbonyl (C=O) groups is 2. The molecule has 6 heteroatoms. The van der Waals surface area contributed by atoms with Gasteiger partial charge in [-0.15, -0.1) is 0 Å². The average molecular weight is 475 g/mol. The van der Waals surface area contributed by atoms with Gasteiger partial charge in [0.05, 0.1) is 24.9 Å². The molecule has 0 spiro atoms. The highest BCUT2D eigenvalue weighted by atomic mass is 35.5. The van der Waals surface area contributed by atoms with E-state index in [0.29, 0.717) is 17.1 Å². The molecule has 1 amide bonds. The Bertz CT molecular complexity index is 1300. The van der Waals surface area contributed by atoms with Crippen molar-refractivity contribution in [3.8, 4) is 11.1 Å². The molecule has 34 heavy (non-hydrogen) atoms. The van der Waals surface area contributed by atoms with Crippen LogP contribution in [-0.4, -0.2) is 38.0 Å². The van der Waals surface area contributed by atoms with Gasteiger partial charge in [-0.1, -0.05) is 48.0 Å². The van der Waals surface area contributed by atoms with E-state index in [1.165, 1.54) is 7.11 Å². The van der Waals surface area contributed by atoms with Crippen LogP contribution in [0.1, 0.15) is 39.5 Å². The lowest BCUT2D eigenvalue weighted by Crippen LogP contribution is -2.29. The summed E-state index contributed by atoms with van der Waals surface area (Å²) in [5.74, 6) is -0.433. The normalized spacial score (nSPS) is 12.6. The number of rotatable bonds is 4. The fourth-order valence-corrected chi connectivity index (χ4v) is 4.46. The second-order valence-corrected chi connectivity index (χ2v) is 9.10. The van der Waals surface area contributed by atoms with Gasteiger partial charge in [0.2, 0.25) is 5.91 Å². The SMILES string of the molecule is COC(=O)c1cc(CN(C)C)ccc1-c1ccc2c(c1)CN(C(C)=O)c1ccc(Cl)cc1C=C2. The van der Waals surface area contributed by atoms with Crippen molar-refractivity contribution in [1.82, 2.24) is 4.90 Å². The first-order valence-corrected chi connectivity index (χ1v) is 11.4. The van der Waals surface area contributed by atoms with Crippen LogP contribution in [0.5, 0.6) is 0 Å². The summed E-state index contributed by atoms with van der Waals surface area (Å²) in [5, 5.41) is 0.621. The van der Waals surface area contributed by atoms with Gasteiger partial charge in [0, 0.05) is 18.5 Å². The number of carbonyl (C=O) groups excluding carboxylic acids is 2. The zero-order valence-electron chi connectivity index (χ0n) is 19.8. The van der Waals surface area contributed by atoms with Gasteiger partial charge < -0.3 is 14.5 Å². The number of nitrogens with zero attached hydrogens (tertiary/aromatic N) is 2. The number of hydrogen-bond acceptors (Lipinski definition) is 4. The number of fused-ring (bicyclic) bond motifs is 2. The van der Waals surface area contributed by atoms with Crippen molar-refractivity contribution in [1.29, 1.82) is 0 Å². The third-order valence-corrected chi connectivity index (χ3v) is 6.11. The van der Waals surface area contributed by atoms with Gasteiger partial charge >= 0.3 is 5.97 Å². The first kappa shape index (κ1) is 23.7. The Balaban J connectivity index is 1.82. The molecule has 1 aliphatic heterocycles. The summed E-state index contributed by atoms with van der Waals surface area (Å²) in [7, 11) is 5.37. The van der Waals surface area contributed by atoms with Crippen LogP contribution in [0.15, 0.2) is 54.6 Å². The topological polar surface area (TPSA) is 49.9 Å². The Morgan fingerprint density at radius 2 is 1.76 bits per heavy atom. The summed E-state index contributed by atoms with van der Waals surface area (Å²) < 4.78 is 5.08. The minimum atomic E-state index is -0.376. The van der Waals surface area contributed by atoms with Gasteiger partial charge in [0.1, 0.15) is 0 Å². The van der Waals surface area contributed by atoms with Gasteiger partial charge in [-0.25, -0.2) is 4.79 Å². The van der Waals surface area contributed by atoms with Gasteiger partial charge in [-0.3, -0.25) is 4.79 Å². The van der Waals surface area contributed by atoms with Crippen molar-refractivity contribution in [3.63, 3.8) is 0 Å². The number of hydrogen-bond donors (Lipinski definition) is 0. The van der Waals surface area contributed by atoms with Crippen LogP contribution in [0.3, 0.4) is 0 Å². The highest BCUT2D eigenvalue weighted by molar-refractivity contribution is 6.30. The first-order valence-electron chi connectivity index (χ1n) is 11.0. The molecule has 0 fully saturated rings. The number of halogens is 1. The molecule has 0 radical (unpaired) electrons. The molecule has 0 saturated heterocycles. The summed E-state index contributed by atoms with van der Waals surface area (Å²) in [6.07, 6.45) is 4.01. The molecule has 3 aromatic carbocycles. The minimum absolute atomic E-state index is 0.0569. The third-order valence-electron chi connectivity index (χ3n) is 5.87. The van der Waals surface area contributed by atoms with Crippen molar-refractivity contribution in [2.24, 2.45) is 0 Å². The van der Waals surface area contributed by atoms with Gasteiger partial charge in [0.25, 0.3) is 0 Å². The van der Waals surface area contributed by atoms with Gasteiger partial charge in [0.15, 0.2) is 0 Å². The lowest BCUT2D eigenvalue weighted by atomic mass is 9.93. The van der Waals surface area contributed by atoms with Crippen molar-refractivity contribution in [2.45, 2.75) is 20.0 Å². The molecule has 3 aromatic rings. The van der Waals surface area contributed by atoms with Crippen LogP contribution < -0.4 is 4.90 Å². The van der Waals surface area contributed by atoms with Crippen LogP contribution >= 0.6 is 11.6 Å². The van der Waals surface area contributed by atoms with E-state index < -0.39 is 0 Å². The van der Waals surface area contributed by atoms with E-state index in [1.54, 1.807) is 17.9 Å². The number of methoxy groups -OCH3 is 1. The Morgan fingerprint density at radius 3 is 2.47 bits per heavy atom. The number of anilines is 1. The fraction of sp³-hybridized carbons (Fsp3) is 0.214. The predicted molar refractivity (Wildman–Crippen MR) is 138 cm³/mol. The molecule has 0 unspecified atom stereocenters. The maximum atomic E-state index is 12.6. The lowest BCUT2D eigenvalue weighted by Gasteiger charge is -2.26. The van der Waals surface area contributed by atoms with E-state index >= 15 is 0 Å². The van der Waals surface area contributed by atoms with Crippen molar-refractivity contribution in [2.75, 3.05) is 26.1 Å². The summed E-state index contributed by atoms with van der Waals surface area (Å²) in [6.45, 7) is 2.69. The molecule has 0 atom stereocenters. The fourth-order valence-electron chi connectivity index (χ4n) is 4.28. The quantitative estimate of drug-likeness (QED) is 0.442. The van der Waals surface area contributed by atoms with Gasteiger partial charge in [-0.05, 0) is 77.8 Å². The molecule has 0 aliphatic carbocycles. The zero-order valence-corrected chi connectivity index (χ0v) is 20.5. The minimum Gasteiger partial charge on any atom is -0.465 e. The van der Waals surface area contributed by atoms with Crippen molar-refractivity contribution in [3.05, 3.63) is 87.4 Å². The summed E-state index contributed by atoms with van der Waals surface area (Å²) in [4.78, 5) is 29.0. The van der Waals surface area contributed by atoms with Crippen molar-refractivity contribution >= 4 is 41.3 Å². The van der Waals surface area contributed by atoms with E-state index in [1.807, 2.05) is 74.8 Å². The Labute approximate surface area is 205 Å². The molecule has 4 rings (SSSR count).